The van der Waals surface area contributed by atoms with E-state index in [1.54, 1.807) is 36.5 Å². The minimum Gasteiger partial charge on any atom is -0.348 e. The van der Waals surface area contributed by atoms with Crippen LogP contribution in [0.3, 0.4) is 0 Å². The third-order valence-corrected chi connectivity index (χ3v) is 2.91. The number of nitrogens with one attached hydrogen (secondary N) is 1. The molecule has 0 aliphatic rings. The summed E-state index contributed by atoms with van der Waals surface area (Å²) in [6.07, 6.45) is 6.75. The largest absolute Gasteiger partial charge is 0.348 e. The van der Waals surface area contributed by atoms with Gasteiger partial charge in [-0.15, -0.1) is 0 Å². The van der Waals surface area contributed by atoms with Crippen LogP contribution in [0.5, 0.6) is 0 Å². The molecule has 6 nitrogen and oxygen atoms in total. The summed E-state index contributed by atoms with van der Waals surface area (Å²) in [7, 11) is 1.78. The first-order valence-corrected chi connectivity index (χ1v) is 6.02. The van der Waals surface area contributed by atoms with Crippen LogP contribution in [-0.4, -0.2) is 20.7 Å². The number of nitrogens with two attached hydrogens (primary N) is 1. The number of pyridine rings is 1. The lowest BCUT2D eigenvalue weighted by atomic mass is 10.1. The topological polar surface area (TPSA) is 85.8 Å². The number of carbonyl (C=O) groups excluding carboxylic acids is 1. The Bertz CT molecular complexity index is 551. The summed E-state index contributed by atoms with van der Waals surface area (Å²) in [6, 6.07) is 2.89. The Morgan fingerprint density at radius 3 is 2.79 bits per heavy atom. The van der Waals surface area contributed by atoms with Crippen LogP contribution >= 0.6 is 0 Å². The smallest absolute Gasteiger partial charge is 0.242 e. The molecule has 3 N–H and O–H groups in total. The van der Waals surface area contributed by atoms with Crippen molar-refractivity contribution in [3.05, 3.63) is 48.0 Å². The van der Waals surface area contributed by atoms with Gasteiger partial charge in [-0.3, -0.25) is 14.5 Å². The van der Waals surface area contributed by atoms with Gasteiger partial charge in [-0.25, -0.2) is 0 Å². The Balaban J connectivity index is 2.01. The van der Waals surface area contributed by atoms with E-state index < -0.39 is 6.04 Å². The van der Waals surface area contributed by atoms with Gasteiger partial charge >= 0.3 is 0 Å². The fraction of sp³-hybridized carbons (Fsp3) is 0.308. The molecule has 2 atom stereocenters. The van der Waals surface area contributed by atoms with Crippen LogP contribution in [0, 0.1) is 0 Å². The second-order valence-corrected chi connectivity index (χ2v) is 4.44. The molecule has 0 radical (unpaired) electrons. The Morgan fingerprint density at radius 1 is 1.42 bits per heavy atom. The van der Waals surface area contributed by atoms with Crippen LogP contribution in [0.15, 0.2) is 36.9 Å². The molecular formula is C13H17N5O. The van der Waals surface area contributed by atoms with E-state index in [0.29, 0.717) is 5.56 Å². The van der Waals surface area contributed by atoms with Gasteiger partial charge in [0.2, 0.25) is 5.91 Å². The molecule has 19 heavy (non-hydrogen) atoms. The number of aromatic nitrogens is 3. The Labute approximate surface area is 111 Å². The highest BCUT2D eigenvalue weighted by Gasteiger charge is 2.19. The molecule has 0 bridgehead atoms. The van der Waals surface area contributed by atoms with E-state index in [-0.39, 0.29) is 11.9 Å². The predicted molar refractivity (Wildman–Crippen MR) is 70.9 cm³/mol. The van der Waals surface area contributed by atoms with E-state index in [1.807, 2.05) is 19.1 Å². The van der Waals surface area contributed by atoms with Crippen molar-refractivity contribution in [3.63, 3.8) is 0 Å². The molecule has 1 unspecified atom stereocenters. The van der Waals surface area contributed by atoms with E-state index in [9.17, 15) is 4.79 Å². The van der Waals surface area contributed by atoms with Crippen molar-refractivity contribution in [1.82, 2.24) is 20.1 Å². The Kier molecular flexibility index (Phi) is 3.91. The monoisotopic (exact) mass is 259 g/mol. The van der Waals surface area contributed by atoms with Crippen molar-refractivity contribution in [2.75, 3.05) is 0 Å². The van der Waals surface area contributed by atoms with Crippen molar-refractivity contribution in [2.24, 2.45) is 12.8 Å². The molecular weight excluding hydrogens is 242 g/mol. The Morgan fingerprint density at radius 2 is 2.21 bits per heavy atom. The maximum atomic E-state index is 12.0. The van der Waals surface area contributed by atoms with Crippen LogP contribution in [0.25, 0.3) is 0 Å². The van der Waals surface area contributed by atoms with Gasteiger partial charge in [-0.2, -0.15) is 5.10 Å². The number of aryl methyl sites for hydroxylation is 1. The van der Waals surface area contributed by atoms with Crippen molar-refractivity contribution in [3.8, 4) is 0 Å². The Hall–Kier alpha value is -2.21. The van der Waals surface area contributed by atoms with E-state index >= 15 is 0 Å². The van der Waals surface area contributed by atoms with E-state index in [4.69, 9.17) is 5.73 Å². The molecule has 100 valence electrons. The normalized spacial score (nSPS) is 13.8. The lowest BCUT2D eigenvalue weighted by molar-refractivity contribution is -0.123. The maximum Gasteiger partial charge on any atom is 0.242 e. The summed E-state index contributed by atoms with van der Waals surface area (Å²) in [5, 5.41) is 6.87. The molecule has 0 spiro atoms. The summed E-state index contributed by atoms with van der Waals surface area (Å²) in [4.78, 5) is 16.1. The van der Waals surface area contributed by atoms with Gasteiger partial charge in [0.1, 0.15) is 6.04 Å². The summed E-state index contributed by atoms with van der Waals surface area (Å²) >= 11 is 0. The molecule has 0 aliphatic carbocycles. The lowest BCUT2D eigenvalue weighted by Crippen LogP contribution is -2.35. The van der Waals surface area contributed by atoms with Gasteiger partial charge in [0.05, 0.1) is 12.2 Å². The van der Waals surface area contributed by atoms with Gasteiger partial charge in [-0.05, 0) is 18.6 Å². The van der Waals surface area contributed by atoms with Crippen molar-refractivity contribution >= 4 is 5.91 Å². The summed E-state index contributed by atoms with van der Waals surface area (Å²) in [5.74, 6) is -0.232. The van der Waals surface area contributed by atoms with Gasteiger partial charge in [-0.1, -0.05) is 6.07 Å². The molecule has 2 heterocycles. The third kappa shape index (κ3) is 3.17. The van der Waals surface area contributed by atoms with Gasteiger partial charge in [0.25, 0.3) is 0 Å². The second kappa shape index (κ2) is 5.62. The summed E-state index contributed by atoms with van der Waals surface area (Å²) < 4.78 is 1.62. The average molecular weight is 259 g/mol. The minimum atomic E-state index is -0.715. The molecule has 2 aromatic heterocycles. The highest BCUT2D eigenvalue weighted by atomic mass is 16.2. The van der Waals surface area contributed by atoms with Gasteiger partial charge < -0.3 is 11.1 Å². The zero-order valence-corrected chi connectivity index (χ0v) is 10.9. The van der Waals surface area contributed by atoms with E-state index in [0.717, 1.165) is 5.56 Å². The lowest BCUT2D eigenvalue weighted by Gasteiger charge is -2.16. The molecule has 6 heteroatoms. The molecule has 2 rings (SSSR count). The van der Waals surface area contributed by atoms with E-state index in [2.05, 4.69) is 15.4 Å². The van der Waals surface area contributed by atoms with E-state index in [1.165, 1.54) is 0 Å². The fourth-order valence-electron chi connectivity index (χ4n) is 1.77. The van der Waals surface area contributed by atoms with Crippen molar-refractivity contribution < 1.29 is 4.79 Å². The van der Waals surface area contributed by atoms with Crippen LogP contribution in [0.2, 0.25) is 0 Å². The molecule has 2 aromatic rings. The molecule has 0 fully saturated rings. The van der Waals surface area contributed by atoms with Crippen LogP contribution in [0.1, 0.15) is 30.1 Å². The van der Waals surface area contributed by atoms with Gasteiger partial charge in [0, 0.05) is 31.2 Å². The van der Waals surface area contributed by atoms with Crippen molar-refractivity contribution in [2.45, 2.75) is 19.0 Å². The maximum absolute atomic E-state index is 12.0. The van der Waals surface area contributed by atoms with Crippen LogP contribution in [0.4, 0.5) is 0 Å². The molecule has 0 aromatic carbocycles. The second-order valence-electron chi connectivity index (χ2n) is 4.44. The summed E-state index contributed by atoms with van der Waals surface area (Å²) in [6.45, 7) is 1.89. The quantitative estimate of drug-likeness (QED) is 0.846. The molecule has 0 aliphatic heterocycles. The number of hydrogen-bond donors (Lipinski definition) is 2. The minimum absolute atomic E-state index is 0.135. The highest BCUT2D eigenvalue weighted by Crippen LogP contribution is 2.13. The SMILES string of the molecule is C[C@H](NC(=O)C(N)c1cnn(C)c1)c1cccnc1. The first kappa shape index (κ1) is 13.2. The highest BCUT2D eigenvalue weighted by molar-refractivity contribution is 5.83. The number of rotatable bonds is 4. The van der Waals surface area contributed by atoms with Crippen molar-refractivity contribution in [1.29, 1.82) is 0 Å². The van der Waals surface area contributed by atoms with Crippen LogP contribution < -0.4 is 11.1 Å². The fourth-order valence-corrected chi connectivity index (χ4v) is 1.77. The predicted octanol–water partition coefficient (Wildman–Crippen LogP) is 0.692. The number of carbonyl (C=O) groups is 1. The molecule has 0 saturated heterocycles. The zero-order chi connectivity index (χ0) is 13.8. The van der Waals surface area contributed by atoms with Gasteiger partial charge in [0.15, 0.2) is 0 Å². The zero-order valence-electron chi connectivity index (χ0n) is 10.9. The third-order valence-electron chi connectivity index (χ3n) is 2.91. The number of nitrogens with zero attached hydrogens (tertiary/aromatic N) is 3. The first-order valence-electron chi connectivity index (χ1n) is 6.02. The standard InChI is InChI=1S/C13H17N5O/c1-9(10-4-3-5-15-6-10)17-13(19)12(14)11-7-16-18(2)8-11/h3-9,12H,14H2,1-2H3,(H,17,19)/t9-,12?/m0/s1. The summed E-state index contributed by atoms with van der Waals surface area (Å²) in [5.41, 5.74) is 7.53. The first-order chi connectivity index (χ1) is 9.08. The number of amides is 1. The van der Waals surface area contributed by atoms with Crippen LogP contribution in [-0.2, 0) is 11.8 Å². The number of hydrogen-bond acceptors (Lipinski definition) is 4. The molecule has 0 saturated carbocycles. The average Bonchev–Trinajstić information content (AvgIpc) is 2.85. The molecule has 1 amide bonds.